The van der Waals surface area contributed by atoms with Gasteiger partial charge in [0.25, 0.3) is 0 Å². The van der Waals surface area contributed by atoms with Crippen molar-refractivity contribution >= 4 is 17.6 Å². The van der Waals surface area contributed by atoms with Gasteiger partial charge in [-0.25, -0.2) is 4.79 Å². The fraction of sp³-hybridized carbons (Fsp3) is 0.429. The van der Waals surface area contributed by atoms with Gasteiger partial charge in [0, 0.05) is 18.4 Å². The summed E-state index contributed by atoms with van der Waals surface area (Å²) in [5.74, 6) is 0.254. The number of methoxy groups -OCH3 is 1. The monoisotopic (exact) mass is 245 g/mol. The molecule has 1 heterocycles. The highest BCUT2D eigenvalue weighted by Gasteiger charge is 2.42. The Hall–Kier alpha value is -1.84. The van der Waals surface area contributed by atoms with Crippen molar-refractivity contribution in [1.29, 1.82) is 0 Å². The van der Waals surface area contributed by atoms with Crippen molar-refractivity contribution in [1.82, 2.24) is 0 Å². The number of ether oxygens (including phenoxy) is 1. The van der Waals surface area contributed by atoms with Gasteiger partial charge in [-0.3, -0.25) is 9.69 Å². The zero-order valence-electron chi connectivity index (χ0n) is 10.3. The summed E-state index contributed by atoms with van der Waals surface area (Å²) in [5, 5.41) is 0. The summed E-state index contributed by atoms with van der Waals surface area (Å²) in [6.07, 6.45) is 1.68. The maximum atomic E-state index is 12.0. The molecular weight excluding hydrogens is 230 g/mol. The first-order valence-corrected chi connectivity index (χ1v) is 6.21. The number of para-hydroxylation sites is 1. The fourth-order valence-corrected chi connectivity index (χ4v) is 3.08. The Balaban J connectivity index is 2.12. The molecule has 1 amide bonds. The standard InChI is InChI=1S/C14H15NO3/c1-18-14(17)15-9-6-7-13(16)11(8-9)10-4-2-3-5-12(10)15/h2-5,9,11H,6-8H2,1H3/t9-,11+/m1/s1. The first-order chi connectivity index (χ1) is 8.72. The molecule has 0 spiro atoms. The third kappa shape index (κ3) is 1.52. The van der Waals surface area contributed by atoms with Gasteiger partial charge in [0.2, 0.25) is 0 Å². The number of ketones is 1. The minimum absolute atomic E-state index is 0.0409. The van der Waals surface area contributed by atoms with E-state index in [2.05, 4.69) is 0 Å². The largest absolute Gasteiger partial charge is 0.452 e. The van der Waals surface area contributed by atoms with Gasteiger partial charge in [0.1, 0.15) is 5.78 Å². The fourth-order valence-electron chi connectivity index (χ4n) is 3.08. The molecule has 0 saturated heterocycles. The molecule has 4 nitrogen and oxygen atoms in total. The van der Waals surface area contributed by atoms with E-state index < -0.39 is 0 Å². The number of amides is 1. The molecule has 1 aromatic carbocycles. The van der Waals surface area contributed by atoms with Crippen molar-refractivity contribution in [2.75, 3.05) is 12.0 Å². The van der Waals surface area contributed by atoms with Crippen LogP contribution in [0.5, 0.6) is 0 Å². The molecule has 1 aliphatic carbocycles. The van der Waals surface area contributed by atoms with Crippen LogP contribution in [-0.4, -0.2) is 25.0 Å². The van der Waals surface area contributed by atoms with Gasteiger partial charge in [-0.05, 0) is 24.5 Å². The van der Waals surface area contributed by atoms with Crippen LogP contribution in [0.15, 0.2) is 24.3 Å². The second-order valence-corrected chi connectivity index (χ2v) is 4.85. The lowest BCUT2D eigenvalue weighted by Crippen LogP contribution is -2.48. The van der Waals surface area contributed by atoms with Crippen LogP contribution in [0.3, 0.4) is 0 Å². The molecule has 0 aromatic heterocycles. The van der Waals surface area contributed by atoms with Crippen molar-refractivity contribution in [3.05, 3.63) is 29.8 Å². The molecule has 0 unspecified atom stereocenters. The van der Waals surface area contributed by atoms with Crippen molar-refractivity contribution in [2.24, 2.45) is 0 Å². The molecule has 1 aromatic rings. The van der Waals surface area contributed by atoms with E-state index in [0.717, 1.165) is 24.1 Å². The Labute approximate surface area is 106 Å². The molecule has 1 aliphatic heterocycles. The number of carbonyl (C=O) groups excluding carboxylic acids is 2. The maximum absolute atomic E-state index is 12.0. The van der Waals surface area contributed by atoms with Gasteiger partial charge in [-0.15, -0.1) is 0 Å². The first-order valence-electron chi connectivity index (χ1n) is 6.21. The molecule has 3 rings (SSSR count). The predicted octanol–water partition coefficient (Wildman–Crippen LogP) is 2.48. The first kappa shape index (κ1) is 11.3. The lowest BCUT2D eigenvalue weighted by Gasteiger charge is -2.42. The quantitative estimate of drug-likeness (QED) is 0.705. The molecule has 0 radical (unpaired) electrons. The summed E-state index contributed by atoms with van der Waals surface area (Å²) in [4.78, 5) is 25.6. The minimum Gasteiger partial charge on any atom is -0.452 e. The van der Waals surface area contributed by atoms with Crippen LogP contribution >= 0.6 is 0 Å². The van der Waals surface area contributed by atoms with Gasteiger partial charge in [-0.2, -0.15) is 0 Å². The van der Waals surface area contributed by atoms with Crippen LogP contribution in [0, 0.1) is 0 Å². The third-order valence-corrected chi connectivity index (χ3v) is 3.93. The average Bonchev–Trinajstić information content (AvgIpc) is 2.42. The molecule has 1 saturated carbocycles. The van der Waals surface area contributed by atoms with Crippen molar-refractivity contribution in [3.8, 4) is 0 Å². The molecule has 2 atom stereocenters. The molecule has 4 heteroatoms. The maximum Gasteiger partial charge on any atom is 0.414 e. The number of carbonyl (C=O) groups is 2. The van der Waals surface area contributed by atoms with Crippen LogP contribution in [-0.2, 0) is 9.53 Å². The number of benzene rings is 1. The lowest BCUT2D eigenvalue weighted by molar-refractivity contribution is -0.122. The number of nitrogens with zero attached hydrogens (tertiary/aromatic N) is 1. The Kier molecular flexibility index (Phi) is 2.58. The highest BCUT2D eigenvalue weighted by atomic mass is 16.5. The third-order valence-electron chi connectivity index (χ3n) is 3.93. The van der Waals surface area contributed by atoms with Crippen LogP contribution in [0.1, 0.15) is 30.7 Å². The van der Waals surface area contributed by atoms with Gasteiger partial charge < -0.3 is 4.74 Å². The van der Waals surface area contributed by atoms with E-state index in [0.29, 0.717) is 12.2 Å². The second kappa shape index (κ2) is 4.12. The van der Waals surface area contributed by atoms with Crippen LogP contribution in [0.25, 0.3) is 0 Å². The van der Waals surface area contributed by atoms with Gasteiger partial charge >= 0.3 is 6.09 Å². The molecule has 2 bridgehead atoms. The summed E-state index contributed by atoms with van der Waals surface area (Å²) >= 11 is 0. The Morgan fingerprint density at radius 3 is 2.94 bits per heavy atom. The minimum atomic E-state index is -0.333. The number of Topliss-reactive ketones (excluding diaryl/α,β-unsaturated/α-hetero) is 1. The molecule has 1 fully saturated rings. The van der Waals surface area contributed by atoms with Gasteiger partial charge in [0.15, 0.2) is 0 Å². The Bertz CT molecular complexity index is 512. The zero-order chi connectivity index (χ0) is 12.7. The van der Waals surface area contributed by atoms with E-state index in [-0.39, 0.29) is 18.1 Å². The SMILES string of the molecule is COC(=O)N1c2ccccc2[C@@H]2C[C@H]1CCC2=O. The van der Waals surface area contributed by atoms with Crippen LogP contribution in [0.4, 0.5) is 10.5 Å². The second-order valence-electron chi connectivity index (χ2n) is 4.85. The number of hydrogen-bond acceptors (Lipinski definition) is 3. The predicted molar refractivity (Wildman–Crippen MR) is 66.7 cm³/mol. The van der Waals surface area contributed by atoms with Crippen molar-refractivity contribution in [2.45, 2.75) is 31.2 Å². The number of fused-ring (bicyclic) bond motifs is 4. The number of hydrogen-bond donors (Lipinski definition) is 0. The molecular formula is C14H15NO3. The van der Waals surface area contributed by atoms with E-state index >= 15 is 0 Å². The summed E-state index contributed by atoms with van der Waals surface area (Å²) in [5.41, 5.74) is 1.79. The highest BCUT2D eigenvalue weighted by Crippen LogP contribution is 2.43. The Morgan fingerprint density at radius 1 is 1.39 bits per heavy atom. The molecule has 94 valence electrons. The van der Waals surface area contributed by atoms with E-state index in [4.69, 9.17) is 4.74 Å². The van der Waals surface area contributed by atoms with Crippen molar-refractivity contribution in [3.63, 3.8) is 0 Å². The average molecular weight is 245 g/mol. The summed E-state index contributed by atoms with van der Waals surface area (Å²) in [7, 11) is 1.39. The van der Waals surface area contributed by atoms with Crippen molar-refractivity contribution < 1.29 is 14.3 Å². The van der Waals surface area contributed by atoms with E-state index in [1.54, 1.807) is 4.90 Å². The normalized spacial score (nSPS) is 25.6. The smallest absolute Gasteiger partial charge is 0.414 e. The topological polar surface area (TPSA) is 46.6 Å². The van der Waals surface area contributed by atoms with Crippen LogP contribution in [0.2, 0.25) is 0 Å². The highest BCUT2D eigenvalue weighted by molar-refractivity contribution is 5.96. The molecule has 2 aliphatic rings. The van der Waals surface area contributed by atoms with E-state index in [9.17, 15) is 9.59 Å². The van der Waals surface area contributed by atoms with E-state index in [1.165, 1.54) is 7.11 Å². The lowest BCUT2D eigenvalue weighted by atomic mass is 9.76. The number of anilines is 1. The van der Waals surface area contributed by atoms with E-state index in [1.807, 2.05) is 24.3 Å². The summed E-state index contributed by atoms with van der Waals surface area (Å²) < 4.78 is 4.87. The van der Waals surface area contributed by atoms with Gasteiger partial charge in [-0.1, -0.05) is 18.2 Å². The summed E-state index contributed by atoms with van der Waals surface area (Å²) in [6, 6.07) is 7.73. The molecule has 18 heavy (non-hydrogen) atoms. The van der Waals surface area contributed by atoms with Gasteiger partial charge in [0.05, 0.1) is 12.8 Å². The summed E-state index contributed by atoms with van der Waals surface area (Å²) in [6.45, 7) is 0. The zero-order valence-corrected chi connectivity index (χ0v) is 10.3. The number of rotatable bonds is 0. The molecule has 0 N–H and O–H groups in total. The van der Waals surface area contributed by atoms with Crippen LogP contribution < -0.4 is 4.90 Å². The Morgan fingerprint density at radius 2 is 2.17 bits per heavy atom.